The van der Waals surface area contributed by atoms with Gasteiger partial charge in [0.25, 0.3) is 0 Å². The fraction of sp³-hybridized carbons (Fsp3) is 0.263. The summed E-state index contributed by atoms with van der Waals surface area (Å²) in [6.07, 6.45) is 2.27. The van der Waals surface area contributed by atoms with Crippen molar-refractivity contribution in [3.05, 3.63) is 47.7 Å². The molecule has 0 aromatic heterocycles. The van der Waals surface area contributed by atoms with Crippen molar-refractivity contribution in [1.82, 2.24) is 5.32 Å². The fourth-order valence-electron chi connectivity index (χ4n) is 2.31. The normalized spacial score (nSPS) is 12.7. The van der Waals surface area contributed by atoms with Gasteiger partial charge in [-0.05, 0) is 36.3 Å². The predicted molar refractivity (Wildman–Crippen MR) is 93.8 cm³/mol. The van der Waals surface area contributed by atoms with E-state index in [0.29, 0.717) is 11.3 Å². The summed E-state index contributed by atoms with van der Waals surface area (Å²) in [6.45, 7) is 5.24. The zero-order valence-electron chi connectivity index (χ0n) is 14.0. The lowest BCUT2D eigenvalue weighted by Crippen LogP contribution is -2.24. The van der Waals surface area contributed by atoms with E-state index < -0.39 is 11.9 Å². The van der Waals surface area contributed by atoms with Gasteiger partial charge >= 0.3 is 5.97 Å². The Morgan fingerprint density at radius 3 is 2.58 bits per heavy atom. The SMILES string of the molecule is CCC(C)Oc1ccc2ccccc2c1/C=C(\NC(C)=O)C(=O)O. The van der Waals surface area contributed by atoms with Crippen LogP contribution in [0.1, 0.15) is 32.8 Å². The topological polar surface area (TPSA) is 75.6 Å². The van der Waals surface area contributed by atoms with E-state index in [1.807, 2.05) is 50.2 Å². The first kappa shape index (κ1) is 17.5. The third kappa shape index (κ3) is 4.13. The molecule has 126 valence electrons. The highest BCUT2D eigenvalue weighted by atomic mass is 16.5. The molecule has 1 unspecified atom stereocenters. The molecule has 0 aliphatic carbocycles. The first-order valence-corrected chi connectivity index (χ1v) is 7.83. The summed E-state index contributed by atoms with van der Waals surface area (Å²) in [4.78, 5) is 22.7. The van der Waals surface area contributed by atoms with Crippen LogP contribution >= 0.6 is 0 Å². The van der Waals surface area contributed by atoms with E-state index in [1.165, 1.54) is 13.0 Å². The van der Waals surface area contributed by atoms with Gasteiger partial charge in [-0.15, -0.1) is 0 Å². The number of benzene rings is 2. The number of carboxylic acids is 1. The minimum atomic E-state index is -1.20. The number of carbonyl (C=O) groups excluding carboxylic acids is 1. The Bertz CT molecular complexity index is 795. The molecule has 0 heterocycles. The smallest absolute Gasteiger partial charge is 0.352 e. The van der Waals surface area contributed by atoms with Crippen molar-refractivity contribution < 1.29 is 19.4 Å². The second-order valence-corrected chi connectivity index (χ2v) is 5.58. The highest BCUT2D eigenvalue weighted by molar-refractivity contribution is 6.01. The van der Waals surface area contributed by atoms with E-state index in [9.17, 15) is 14.7 Å². The van der Waals surface area contributed by atoms with Crippen LogP contribution in [0.5, 0.6) is 5.75 Å². The molecule has 1 amide bonds. The van der Waals surface area contributed by atoms with Gasteiger partial charge in [0.15, 0.2) is 0 Å². The molecule has 24 heavy (non-hydrogen) atoms. The van der Waals surface area contributed by atoms with E-state index in [4.69, 9.17) is 4.74 Å². The zero-order chi connectivity index (χ0) is 17.7. The number of amides is 1. The van der Waals surface area contributed by atoms with Gasteiger partial charge in [-0.2, -0.15) is 0 Å². The summed E-state index contributed by atoms with van der Waals surface area (Å²) in [6, 6.07) is 11.4. The molecule has 0 bridgehead atoms. The highest BCUT2D eigenvalue weighted by Gasteiger charge is 2.14. The number of carbonyl (C=O) groups is 2. The van der Waals surface area contributed by atoms with Crippen molar-refractivity contribution in [3.8, 4) is 5.75 Å². The monoisotopic (exact) mass is 327 g/mol. The quantitative estimate of drug-likeness (QED) is 0.795. The van der Waals surface area contributed by atoms with Crippen molar-refractivity contribution in [1.29, 1.82) is 0 Å². The van der Waals surface area contributed by atoms with Crippen molar-refractivity contribution in [2.75, 3.05) is 0 Å². The summed E-state index contributed by atoms with van der Waals surface area (Å²) in [7, 11) is 0. The van der Waals surface area contributed by atoms with Gasteiger partial charge in [-0.1, -0.05) is 37.3 Å². The maximum Gasteiger partial charge on any atom is 0.352 e. The molecule has 0 saturated carbocycles. The molecule has 0 fully saturated rings. The first-order valence-electron chi connectivity index (χ1n) is 7.83. The van der Waals surface area contributed by atoms with E-state index in [0.717, 1.165) is 17.2 Å². The van der Waals surface area contributed by atoms with Gasteiger partial charge in [0.1, 0.15) is 11.4 Å². The number of hydrogen-bond acceptors (Lipinski definition) is 3. The van der Waals surface area contributed by atoms with Gasteiger partial charge in [-0.3, -0.25) is 4.79 Å². The molecule has 0 aliphatic rings. The average Bonchev–Trinajstić information content (AvgIpc) is 2.55. The van der Waals surface area contributed by atoms with E-state index >= 15 is 0 Å². The van der Waals surface area contributed by atoms with Crippen LogP contribution < -0.4 is 10.1 Å². The Morgan fingerprint density at radius 1 is 1.25 bits per heavy atom. The summed E-state index contributed by atoms with van der Waals surface area (Å²) in [5.41, 5.74) is 0.451. The first-order chi connectivity index (χ1) is 11.4. The molecule has 2 N–H and O–H groups in total. The summed E-state index contributed by atoms with van der Waals surface area (Å²) < 4.78 is 5.94. The molecule has 0 saturated heterocycles. The molecule has 0 spiro atoms. The number of hydrogen-bond donors (Lipinski definition) is 2. The predicted octanol–water partition coefficient (Wildman–Crippen LogP) is 3.58. The molecule has 2 aromatic carbocycles. The van der Waals surface area contributed by atoms with Gasteiger partial charge in [-0.25, -0.2) is 4.79 Å². The maximum absolute atomic E-state index is 11.4. The Morgan fingerprint density at radius 2 is 1.96 bits per heavy atom. The Hall–Kier alpha value is -2.82. The third-order valence-corrected chi connectivity index (χ3v) is 3.66. The third-order valence-electron chi connectivity index (χ3n) is 3.66. The molecule has 2 aromatic rings. The minimum absolute atomic E-state index is 0.00708. The van der Waals surface area contributed by atoms with Crippen LogP contribution in [0.2, 0.25) is 0 Å². The second kappa shape index (κ2) is 7.64. The Kier molecular flexibility index (Phi) is 5.58. The molecule has 2 rings (SSSR count). The summed E-state index contributed by atoms with van der Waals surface area (Å²) >= 11 is 0. The second-order valence-electron chi connectivity index (χ2n) is 5.58. The fourth-order valence-corrected chi connectivity index (χ4v) is 2.31. The van der Waals surface area contributed by atoms with Crippen molar-refractivity contribution in [2.24, 2.45) is 0 Å². The van der Waals surface area contributed by atoms with E-state index in [2.05, 4.69) is 5.32 Å². The molecular weight excluding hydrogens is 306 g/mol. The Balaban J connectivity index is 2.64. The number of fused-ring (bicyclic) bond motifs is 1. The molecule has 0 aliphatic heterocycles. The molecule has 0 radical (unpaired) electrons. The number of carboxylic acid groups (broad SMARTS) is 1. The van der Waals surface area contributed by atoms with Gasteiger partial charge in [0, 0.05) is 12.5 Å². The van der Waals surface area contributed by atoms with Crippen LogP contribution in [0, 0.1) is 0 Å². The maximum atomic E-state index is 11.4. The van der Waals surface area contributed by atoms with Crippen molar-refractivity contribution in [3.63, 3.8) is 0 Å². The van der Waals surface area contributed by atoms with E-state index in [-0.39, 0.29) is 11.8 Å². The summed E-state index contributed by atoms with van der Waals surface area (Å²) in [5, 5.41) is 13.5. The lowest BCUT2D eigenvalue weighted by Gasteiger charge is -2.17. The number of rotatable bonds is 6. The number of aliphatic carboxylic acids is 1. The standard InChI is InChI=1S/C19H21NO4/c1-4-12(2)24-18-10-9-14-7-5-6-8-15(14)16(18)11-17(19(22)23)20-13(3)21/h5-12H,4H2,1-3H3,(H,20,21)(H,22,23)/b17-11-. The highest BCUT2D eigenvalue weighted by Crippen LogP contribution is 2.31. The van der Waals surface area contributed by atoms with Gasteiger partial charge < -0.3 is 15.2 Å². The number of ether oxygens (including phenoxy) is 1. The summed E-state index contributed by atoms with van der Waals surface area (Å²) in [5.74, 6) is -1.05. The average molecular weight is 327 g/mol. The van der Waals surface area contributed by atoms with E-state index in [1.54, 1.807) is 0 Å². The van der Waals surface area contributed by atoms with Crippen LogP contribution in [0.25, 0.3) is 16.8 Å². The molecule has 5 nitrogen and oxygen atoms in total. The molecule has 5 heteroatoms. The van der Waals surface area contributed by atoms with Crippen LogP contribution in [-0.4, -0.2) is 23.1 Å². The van der Waals surface area contributed by atoms with Crippen LogP contribution in [-0.2, 0) is 9.59 Å². The molecule has 1 atom stereocenters. The lowest BCUT2D eigenvalue weighted by atomic mass is 10.0. The molecular formula is C19H21NO4. The van der Waals surface area contributed by atoms with Crippen molar-refractivity contribution in [2.45, 2.75) is 33.3 Å². The van der Waals surface area contributed by atoms with Crippen LogP contribution in [0.15, 0.2) is 42.1 Å². The van der Waals surface area contributed by atoms with Crippen molar-refractivity contribution >= 4 is 28.7 Å². The minimum Gasteiger partial charge on any atom is -0.490 e. The lowest BCUT2D eigenvalue weighted by molar-refractivity contribution is -0.134. The van der Waals surface area contributed by atoms with Gasteiger partial charge in [0.2, 0.25) is 5.91 Å². The van der Waals surface area contributed by atoms with Gasteiger partial charge in [0.05, 0.1) is 6.10 Å². The van der Waals surface area contributed by atoms with Crippen LogP contribution in [0.3, 0.4) is 0 Å². The Labute approximate surface area is 140 Å². The zero-order valence-corrected chi connectivity index (χ0v) is 14.0. The van der Waals surface area contributed by atoms with Crippen LogP contribution in [0.4, 0.5) is 0 Å². The number of nitrogens with one attached hydrogen (secondary N) is 1. The largest absolute Gasteiger partial charge is 0.490 e.